The predicted octanol–water partition coefficient (Wildman–Crippen LogP) is 3.24. The molecule has 0 atom stereocenters. The van der Waals surface area contributed by atoms with Crippen LogP contribution in [0.3, 0.4) is 0 Å². The standard InChI is InChI=1S/C9H6ClF3O/c1-4-2-5(8(14)9(12)13)6(10)3-7(4)11/h2-3,9H,1H3. The summed E-state index contributed by atoms with van der Waals surface area (Å²) in [5.74, 6) is -2.01. The van der Waals surface area contributed by atoms with Crippen molar-refractivity contribution in [2.24, 2.45) is 0 Å². The van der Waals surface area contributed by atoms with Crippen LogP contribution in [0.5, 0.6) is 0 Å². The number of carbonyl (C=O) groups excluding carboxylic acids is 1. The Bertz CT molecular complexity index is 377. The van der Waals surface area contributed by atoms with Gasteiger partial charge in [0.1, 0.15) is 5.82 Å². The third-order valence-corrected chi connectivity index (χ3v) is 2.02. The van der Waals surface area contributed by atoms with Crippen LogP contribution in [0, 0.1) is 12.7 Å². The lowest BCUT2D eigenvalue weighted by Crippen LogP contribution is -2.11. The molecule has 0 saturated carbocycles. The molecule has 0 aliphatic carbocycles. The van der Waals surface area contributed by atoms with E-state index in [1.165, 1.54) is 6.92 Å². The average molecular weight is 223 g/mol. The SMILES string of the molecule is Cc1cc(C(=O)C(F)F)c(Cl)cc1F. The number of halogens is 4. The largest absolute Gasteiger partial charge is 0.300 e. The first kappa shape index (κ1) is 11.0. The van der Waals surface area contributed by atoms with Gasteiger partial charge in [0.05, 0.1) is 5.02 Å². The molecule has 1 nitrogen and oxygen atoms in total. The minimum Gasteiger partial charge on any atom is -0.288 e. The molecule has 0 saturated heterocycles. The van der Waals surface area contributed by atoms with Crippen molar-refractivity contribution in [1.82, 2.24) is 0 Å². The molecular weight excluding hydrogens is 217 g/mol. The molecule has 0 amide bonds. The van der Waals surface area contributed by atoms with Crippen molar-refractivity contribution >= 4 is 17.4 Å². The van der Waals surface area contributed by atoms with Gasteiger partial charge in [-0.2, -0.15) is 0 Å². The number of carbonyl (C=O) groups is 1. The zero-order chi connectivity index (χ0) is 10.9. The summed E-state index contributed by atoms with van der Waals surface area (Å²) in [5, 5.41) is -0.293. The second kappa shape index (κ2) is 4.00. The maximum atomic E-state index is 12.8. The highest BCUT2D eigenvalue weighted by Gasteiger charge is 2.21. The second-order valence-electron chi connectivity index (χ2n) is 2.75. The van der Waals surface area contributed by atoms with Crippen molar-refractivity contribution in [1.29, 1.82) is 0 Å². The number of aryl methyl sites for hydroxylation is 1. The molecule has 1 aromatic rings. The third-order valence-electron chi connectivity index (χ3n) is 1.71. The lowest BCUT2D eigenvalue weighted by molar-refractivity contribution is 0.0679. The molecule has 0 radical (unpaired) electrons. The van der Waals surface area contributed by atoms with E-state index in [-0.39, 0.29) is 16.1 Å². The summed E-state index contributed by atoms with van der Waals surface area (Å²) in [4.78, 5) is 10.9. The molecule has 0 N–H and O–H groups in total. The quantitative estimate of drug-likeness (QED) is 0.702. The van der Waals surface area contributed by atoms with Gasteiger partial charge in [-0.3, -0.25) is 4.79 Å². The van der Waals surface area contributed by atoms with E-state index in [1.54, 1.807) is 0 Å². The Morgan fingerprint density at radius 2 is 2.00 bits per heavy atom. The van der Waals surface area contributed by atoms with Gasteiger partial charge >= 0.3 is 6.43 Å². The minimum absolute atomic E-state index is 0.110. The van der Waals surface area contributed by atoms with E-state index in [4.69, 9.17) is 11.6 Å². The lowest BCUT2D eigenvalue weighted by atomic mass is 10.1. The van der Waals surface area contributed by atoms with E-state index in [0.717, 1.165) is 12.1 Å². The van der Waals surface area contributed by atoms with Gasteiger partial charge in [-0.1, -0.05) is 11.6 Å². The Kier molecular flexibility index (Phi) is 3.16. The van der Waals surface area contributed by atoms with Crippen LogP contribution >= 0.6 is 11.6 Å². The molecule has 0 aliphatic heterocycles. The lowest BCUT2D eigenvalue weighted by Gasteiger charge is -2.04. The maximum absolute atomic E-state index is 12.8. The molecule has 0 unspecified atom stereocenters. The van der Waals surface area contributed by atoms with Crippen molar-refractivity contribution in [2.45, 2.75) is 13.3 Å². The number of hydrogen-bond acceptors (Lipinski definition) is 1. The normalized spacial score (nSPS) is 10.7. The molecule has 0 spiro atoms. The highest BCUT2D eigenvalue weighted by molar-refractivity contribution is 6.34. The summed E-state index contributed by atoms with van der Waals surface area (Å²) in [6.45, 7) is 1.37. The van der Waals surface area contributed by atoms with Crippen molar-refractivity contribution in [2.75, 3.05) is 0 Å². The fourth-order valence-corrected chi connectivity index (χ4v) is 1.21. The fourth-order valence-electron chi connectivity index (χ4n) is 0.964. The van der Waals surface area contributed by atoms with Gasteiger partial charge in [-0.25, -0.2) is 13.2 Å². The van der Waals surface area contributed by atoms with E-state index in [2.05, 4.69) is 0 Å². The first-order chi connectivity index (χ1) is 6.43. The van der Waals surface area contributed by atoms with E-state index in [0.29, 0.717) is 0 Å². The zero-order valence-corrected chi connectivity index (χ0v) is 7.91. The monoisotopic (exact) mass is 222 g/mol. The summed E-state index contributed by atoms with van der Waals surface area (Å²) in [7, 11) is 0. The molecule has 0 aliphatic rings. The molecule has 0 bridgehead atoms. The molecular formula is C9H6ClF3O. The first-order valence-electron chi connectivity index (χ1n) is 3.71. The van der Waals surface area contributed by atoms with Crippen LogP contribution in [0.1, 0.15) is 15.9 Å². The summed E-state index contributed by atoms with van der Waals surface area (Å²) < 4.78 is 36.9. The van der Waals surface area contributed by atoms with Crippen molar-refractivity contribution < 1.29 is 18.0 Å². The number of benzene rings is 1. The summed E-state index contributed by atoms with van der Waals surface area (Å²) in [6, 6.07) is 1.87. The number of rotatable bonds is 2. The van der Waals surface area contributed by atoms with E-state index < -0.39 is 18.0 Å². The Labute approximate surface area is 83.5 Å². The highest BCUT2D eigenvalue weighted by Crippen LogP contribution is 2.22. The predicted molar refractivity (Wildman–Crippen MR) is 46.5 cm³/mol. The Balaban J connectivity index is 3.22. The third kappa shape index (κ3) is 2.07. The Hall–Kier alpha value is -1.03. The van der Waals surface area contributed by atoms with Crippen molar-refractivity contribution in [3.05, 3.63) is 34.1 Å². The molecule has 1 rings (SSSR count). The molecule has 76 valence electrons. The molecule has 0 fully saturated rings. The summed E-state index contributed by atoms with van der Waals surface area (Å²) >= 11 is 5.45. The van der Waals surface area contributed by atoms with Gasteiger partial charge in [-0.15, -0.1) is 0 Å². The topological polar surface area (TPSA) is 17.1 Å². The van der Waals surface area contributed by atoms with Crippen LogP contribution in [0.2, 0.25) is 5.02 Å². The van der Waals surface area contributed by atoms with Crippen LogP contribution in [-0.4, -0.2) is 12.2 Å². The molecule has 0 heterocycles. The van der Waals surface area contributed by atoms with Gasteiger partial charge < -0.3 is 0 Å². The van der Waals surface area contributed by atoms with Gasteiger partial charge in [0.15, 0.2) is 0 Å². The van der Waals surface area contributed by atoms with Gasteiger partial charge in [0, 0.05) is 5.56 Å². The number of hydrogen-bond donors (Lipinski definition) is 0. The zero-order valence-electron chi connectivity index (χ0n) is 7.15. The summed E-state index contributed by atoms with van der Waals surface area (Å²) in [5.41, 5.74) is -0.237. The Morgan fingerprint density at radius 3 is 2.50 bits per heavy atom. The minimum atomic E-state index is -3.13. The fraction of sp³-hybridized carbons (Fsp3) is 0.222. The number of Topliss-reactive ketones (excluding diaryl/α,β-unsaturated/α-hetero) is 1. The van der Waals surface area contributed by atoms with Crippen LogP contribution in [0.15, 0.2) is 12.1 Å². The molecule has 5 heteroatoms. The van der Waals surface area contributed by atoms with Crippen molar-refractivity contribution in [3.63, 3.8) is 0 Å². The van der Waals surface area contributed by atoms with E-state index >= 15 is 0 Å². The highest BCUT2D eigenvalue weighted by atomic mass is 35.5. The smallest absolute Gasteiger partial charge is 0.288 e. The van der Waals surface area contributed by atoms with E-state index in [9.17, 15) is 18.0 Å². The van der Waals surface area contributed by atoms with Crippen LogP contribution in [-0.2, 0) is 0 Å². The summed E-state index contributed by atoms with van der Waals surface area (Å²) in [6.07, 6.45) is -3.13. The first-order valence-corrected chi connectivity index (χ1v) is 4.09. The van der Waals surface area contributed by atoms with E-state index in [1.807, 2.05) is 0 Å². The van der Waals surface area contributed by atoms with Gasteiger partial charge in [-0.05, 0) is 24.6 Å². The Morgan fingerprint density at radius 1 is 1.43 bits per heavy atom. The van der Waals surface area contributed by atoms with Crippen LogP contribution in [0.25, 0.3) is 0 Å². The number of alkyl halides is 2. The van der Waals surface area contributed by atoms with Gasteiger partial charge in [0.25, 0.3) is 0 Å². The molecule has 14 heavy (non-hydrogen) atoms. The van der Waals surface area contributed by atoms with Crippen molar-refractivity contribution in [3.8, 4) is 0 Å². The molecule has 0 aromatic heterocycles. The maximum Gasteiger partial charge on any atom is 0.300 e. The second-order valence-corrected chi connectivity index (χ2v) is 3.15. The van der Waals surface area contributed by atoms with Crippen LogP contribution in [0.4, 0.5) is 13.2 Å². The molecule has 1 aromatic carbocycles. The van der Waals surface area contributed by atoms with Crippen LogP contribution < -0.4 is 0 Å². The average Bonchev–Trinajstić information content (AvgIpc) is 2.10. The van der Waals surface area contributed by atoms with Gasteiger partial charge in [0.2, 0.25) is 5.78 Å². The number of ketones is 1.